The van der Waals surface area contributed by atoms with Gasteiger partial charge in [0.15, 0.2) is 11.5 Å². The third kappa shape index (κ3) is 3.61. The summed E-state index contributed by atoms with van der Waals surface area (Å²) in [6.45, 7) is 10.8. The summed E-state index contributed by atoms with van der Waals surface area (Å²) in [6.07, 6.45) is 0.721. The van der Waals surface area contributed by atoms with E-state index in [4.69, 9.17) is 9.47 Å². The van der Waals surface area contributed by atoms with Gasteiger partial charge in [0, 0.05) is 25.2 Å². The molecule has 2 aliphatic heterocycles. The van der Waals surface area contributed by atoms with Crippen molar-refractivity contribution in [3.63, 3.8) is 0 Å². The number of fused-ring (bicyclic) bond motifs is 4. The van der Waals surface area contributed by atoms with Crippen molar-refractivity contribution in [2.75, 3.05) is 32.8 Å². The van der Waals surface area contributed by atoms with E-state index in [9.17, 15) is 9.59 Å². The second-order valence-electron chi connectivity index (χ2n) is 8.13. The summed E-state index contributed by atoms with van der Waals surface area (Å²) in [7, 11) is 0. The van der Waals surface area contributed by atoms with Gasteiger partial charge in [0.05, 0.1) is 25.2 Å². The molecule has 4 rings (SSSR count). The maximum atomic E-state index is 13.8. The van der Waals surface area contributed by atoms with Crippen molar-refractivity contribution >= 4 is 11.8 Å². The molecule has 0 unspecified atom stereocenters. The first-order valence-electron chi connectivity index (χ1n) is 11.7. The average Bonchev–Trinajstić information content (AvgIpc) is 2.81. The van der Waals surface area contributed by atoms with Gasteiger partial charge < -0.3 is 19.3 Å². The number of benzene rings is 2. The van der Waals surface area contributed by atoms with Gasteiger partial charge in [-0.15, -0.1) is 0 Å². The van der Waals surface area contributed by atoms with Gasteiger partial charge >= 0.3 is 0 Å². The molecule has 0 radical (unpaired) electrons. The largest absolute Gasteiger partial charge is 0.490 e. The summed E-state index contributed by atoms with van der Waals surface area (Å²) in [6, 6.07) is 11.2. The molecule has 2 amide bonds. The summed E-state index contributed by atoms with van der Waals surface area (Å²) >= 11 is 0. The number of hydrogen-bond donors (Lipinski definition) is 0. The van der Waals surface area contributed by atoms with Crippen molar-refractivity contribution in [1.82, 2.24) is 9.80 Å². The maximum absolute atomic E-state index is 13.8. The van der Waals surface area contributed by atoms with Crippen molar-refractivity contribution in [3.05, 3.63) is 58.7 Å². The molecule has 0 N–H and O–H groups in total. The minimum absolute atomic E-state index is 0.00769. The van der Waals surface area contributed by atoms with E-state index in [0.29, 0.717) is 44.2 Å². The number of amides is 2. The minimum Gasteiger partial charge on any atom is -0.490 e. The first kappa shape index (κ1) is 22.2. The van der Waals surface area contributed by atoms with Gasteiger partial charge in [-0.2, -0.15) is 0 Å². The highest BCUT2D eigenvalue weighted by atomic mass is 16.5. The van der Waals surface area contributed by atoms with Gasteiger partial charge in [-0.1, -0.05) is 18.2 Å². The van der Waals surface area contributed by atoms with Crippen molar-refractivity contribution in [1.29, 1.82) is 0 Å². The molecule has 2 aliphatic rings. The van der Waals surface area contributed by atoms with E-state index in [1.54, 1.807) is 0 Å². The molecule has 0 fully saturated rings. The van der Waals surface area contributed by atoms with Crippen LogP contribution in [0.4, 0.5) is 0 Å². The lowest BCUT2D eigenvalue weighted by Gasteiger charge is -2.46. The second-order valence-corrected chi connectivity index (χ2v) is 8.13. The predicted molar refractivity (Wildman–Crippen MR) is 123 cm³/mol. The molecule has 0 aliphatic carbocycles. The van der Waals surface area contributed by atoms with E-state index >= 15 is 0 Å². The van der Waals surface area contributed by atoms with Crippen LogP contribution in [0.5, 0.6) is 11.5 Å². The Hall–Kier alpha value is -3.02. The average molecular weight is 437 g/mol. The van der Waals surface area contributed by atoms with Crippen molar-refractivity contribution in [2.45, 2.75) is 46.1 Å². The quantitative estimate of drug-likeness (QED) is 0.653. The van der Waals surface area contributed by atoms with Crippen molar-refractivity contribution in [3.8, 4) is 11.5 Å². The Morgan fingerprint density at radius 1 is 1.00 bits per heavy atom. The van der Waals surface area contributed by atoms with Crippen LogP contribution >= 0.6 is 0 Å². The monoisotopic (exact) mass is 436 g/mol. The lowest BCUT2D eigenvalue weighted by molar-refractivity contribution is -0.134. The Kier molecular flexibility index (Phi) is 6.40. The Morgan fingerprint density at radius 3 is 2.31 bits per heavy atom. The minimum atomic E-state index is -0.449. The summed E-state index contributed by atoms with van der Waals surface area (Å²) in [5.41, 5.74) is 3.54. The number of nitrogens with zero attached hydrogens (tertiary/aromatic N) is 2. The Balaban J connectivity index is 1.91. The fraction of sp³-hybridized carbons (Fsp3) is 0.462. The molecule has 0 bridgehead atoms. The van der Waals surface area contributed by atoms with Crippen LogP contribution in [-0.4, -0.2) is 54.5 Å². The van der Waals surface area contributed by atoms with Gasteiger partial charge in [-0.25, -0.2) is 0 Å². The van der Waals surface area contributed by atoms with Crippen molar-refractivity contribution < 1.29 is 19.1 Å². The van der Waals surface area contributed by atoms with Gasteiger partial charge in [0.1, 0.15) is 0 Å². The zero-order valence-corrected chi connectivity index (χ0v) is 19.4. The predicted octanol–water partition coefficient (Wildman–Crippen LogP) is 4.19. The van der Waals surface area contributed by atoms with Crippen LogP contribution in [0.1, 0.15) is 66.7 Å². The smallest absolute Gasteiger partial charge is 0.254 e. The fourth-order valence-electron chi connectivity index (χ4n) is 5.07. The summed E-state index contributed by atoms with van der Waals surface area (Å²) < 4.78 is 11.7. The summed E-state index contributed by atoms with van der Waals surface area (Å²) in [4.78, 5) is 31.0. The van der Waals surface area contributed by atoms with Crippen LogP contribution in [0.15, 0.2) is 36.4 Å². The molecule has 0 saturated carbocycles. The molecular weight excluding hydrogens is 404 g/mol. The molecule has 2 aromatic rings. The standard InChI is InChI=1S/C26H32N2O4/c1-5-27(6-2)26(30)23-18-11-9-10-12-19(18)25(29)28-14-13-17-15-21(31-7-3)22(32-8-4)16-20(17)24(23)28/h9-12,15-16,23-24H,5-8,13-14H2,1-4H3/t23-,24+/m0/s1. The highest BCUT2D eigenvalue weighted by Crippen LogP contribution is 2.48. The van der Waals surface area contributed by atoms with Gasteiger partial charge in [0.2, 0.25) is 5.91 Å². The van der Waals surface area contributed by atoms with Crippen LogP contribution in [0.25, 0.3) is 0 Å². The number of likely N-dealkylation sites (N-methyl/N-ethyl adjacent to an activating group) is 1. The zero-order chi connectivity index (χ0) is 22.8. The number of carbonyl (C=O) groups is 2. The molecule has 170 valence electrons. The summed E-state index contributed by atoms with van der Waals surface area (Å²) in [5, 5.41) is 0. The van der Waals surface area contributed by atoms with Crippen molar-refractivity contribution in [2.24, 2.45) is 0 Å². The van der Waals surface area contributed by atoms with Crippen LogP contribution < -0.4 is 9.47 Å². The molecule has 0 spiro atoms. The lowest BCUT2D eigenvalue weighted by atomic mass is 9.75. The molecule has 2 heterocycles. The number of ether oxygens (including phenoxy) is 2. The normalized spacial score (nSPS) is 19.0. The van der Waals surface area contributed by atoms with Gasteiger partial charge in [-0.3, -0.25) is 9.59 Å². The first-order chi connectivity index (χ1) is 15.5. The topological polar surface area (TPSA) is 59.1 Å². The number of rotatable bonds is 7. The molecular formula is C26H32N2O4. The summed E-state index contributed by atoms with van der Waals surface area (Å²) in [5.74, 6) is 0.984. The SMILES string of the molecule is CCOc1cc2c(cc1OCC)[C@@H]1[C@@H](C(=O)N(CC)CC)c3ccccc3C(=O)N1CC2. The highest BCUT2D eigenvalue weighted by molar-refractivity contribution is 6.01. The molecule has 0 saturated heterocycles. The Morgan fingerprint density at radius 2 is 1.66 bits per heavy atom. The van der Waals surface area contributed by atoms with E-state index in [1.165, 1.54) is 0 Å². The molecule has 2 aromatic carbocycles. The van der Waals surface area contributed by atoms with Crippen LogP contribution in [-0.2, 0) is 11.2 Å². The van der Waals surface area contributed by atoms with E-state index in [0.717, 1.165) is 28.9 Å². The third-order valence-corrected chi connectivity index (χ3v) is 6.53. The second kappa shape index (κ2) is 9.23. The van der Waals surface area contributed by atoms with E-state index in [-0.39, 0.29) is 17.9 Å². The number of carbonyl (C=O) groups excluding carboxylic acids is 2. The van der Waals surface area contributed by atoms with Crippen LogP contribution in [0.3, 0.4) is 0 Å². The lowest BCUT2D eigenvalue weighted by Crippen LogP contribution is -2.50. The zero-order valence-electron chi connectivity index (χ0n) is 19.4. The molecule has 0 aromatic heterocycles. The van der Waals surface area contributed by atoms with E-state index in [1.807, 2.05) is 73.9 Å². The van der Waals surface area contributed by atoms with E-state index in [2.05, 4.69) is 0 Å². The Bertz CT molecular complexity index is 1010. The third-order valence-electron chi connectivity index (χ3n) is 6.53. The molecule has 32 heavy (non-hydrogen) atoms. The number of hydrogen-bond acceptors (Lipinski definition) is 4. The Labute approximate surface area is 190 Å². The molecule has 2 atom stereocenters. The maximum Gasteiger partial charge on any atom is 0.254 e. The van der Waals surface area contributed by atoms with Crippen LogP contribution in [0, 0.1) is 0 Å². The van der Waals surface area contributed by atoms with Crippen LogP contribution in [0.2, 0.25) is 0 Å². The van der Waals surface area contributed by atoms with Gasteiger partial charge in [0.25, 0.3) is 5.91 Å². The molecule has 6 heteroatoms. The molecule has 6 nitrogen and oxygen atoms in total. The highest BCUT2D eigenvalue weighted by Gasteiger charge is 2.47. The van der Waals surface area contributed by atoms with Gasteiger partial charge in [-0.05, 0) is 69.0 Å². The van der Waals surface area contributed by atoms with E-state index < -0.39 is 5.92 Å². The fourth-order valence-corrected chi connectivity index (χ4v) is 5.07. The first-order valence-corrected chi connectivity index (χ1v) is 11.7.